The molecule has 0 aliphatic carbocycles. The largest absolute Gasteiger partial charge is 0.444 e. The molecule has 1 aromatic heterocycles. The van der Waals surface area contributed by atoms with E-state index in [-0.39, 0.29) is 16.5 Å². The molecule has 0 spiro atoms. The van der Waals surface area contributed by atoms with Crippen LogP contribution in [0, 0.1) is 10.1 Å². The Bertz CT molecular complexity index is 943. The van der Waals surface area contributed by atoms with Gasteiger partial charge in [0.25, 0.3) is 5.69 Å². The van der Waals surface area contributed by atoms with E-state index in [4.69, 9.17) is 22.1 Å². The molecule has 0 aliphatic heterocycles. The van der Waals surface area contributed by atoms with Crippen LogP contribution in [0.4, 0.5) is 16.2 Å². The van der Waals surface area contributed by atoms with Crippen LogP contribution < -0.4 is 11.1 Å². The first-order valence-electron chi connectivity index (χ1n) is 8.69. The van der Waals surface area contributed by atoms with Crippen molar-refractivity contribution in [2.75, 3.05) is 5.73 Å². The molecule has 10 heteroatoms. The number of benzene rings is 1. The summed E-state index contributed by atoms with van der Waals surface area (Å²) in [4.78, 5) is 22.6. The molecule has 1 amide bonds. The zero-order valence-electron chi connectivity index (χ0n) is 16.3. The third-order valence-electron chi connectivity index (χ3n) is 3.77. The maximum atomic E-state index is 12.2. The average Bonchev–Trinajstić information content (AvgIpc) is 2.60. The summed E-state index contributed by atoms with van der Waals surface area (Å²) in [6, 6.07) is 5.10. The molecule has 9 nitrogen and oxygen atoms in total. The van der Waals surface area contributed by atoms with Gasteiger partial charge in [0.1, 0.15) is 5.60 Å². The molecule has 2 aromatic rings. The number of anilines is 1. The highest BCUT2D eigenvalue weighted by Crippen LogP contribution is 2.32. The van der Waals surface area contributed by atoms with Crippen LogP contribution >= 0.6 is 11.6 Å². The lowest BCUT2D eigenvalue weighted by atomic mass is 10.0. The molecule has 1 heterocycles. The van der Waals surface area contributed by atoms with Crippen molar-refractivity contribution in [3.8, 4) is 11.3 Å². The Morgan fingerprint density at radius 3 is 2.66 bits per heavy atom. The molecular formula is C19H22ClN5O4. The number of carbonyl (C=O) groups is 1. The van der Waals surface area contributed by atoms with Crippen LogP contribution in [0.2, 0.25) is 5.15 Å². The molecule has 29 heavy (non-hydrogen) atoms. The summed E-state index contributed by atoms with van der Waals surface area (Å²) in [6.07, 6.45) is 1.37. The minimum atomic E-state index is -0.665. The number of nitro benzene ring substituents is 1. The molecule has 0 bridgehead atoms. The van der Waals surface area contributed by atoms with Gasteiger partial charge in [-0.3, -0.25) is 10.1 Å². The zero-order chi connectivity index (χ0) is 21.8. The predicted octanol–water partition coefficient (Wildman–Crippen LogP) is 4.43. The summed E-state index contributed by atoms with van der Waals surface area (Å²) in [7, 11) is 0. The molecule has 1 aromatic carbocycles. The smallest absolute Gasteiger partial charge is 0.408 e. The van der Waals surface area contributed by atoms with Gasteiger partial charge in [-0.2, -0.15) is 0 Å². The highest BCUT2D eigenvalue weighted by atomic mass is 35.5. The Balaban J connectivity index is 2.40. The second kappa shape index (κ2) is 8.87. The molecule has 0 unspecified atom stereocenters. The van der Waals surface area contributed by atoms with E-state index in [0.717, 1.165) is 0 Å². The number of nitrogens with two attached hydrogens (primary N) is 1. The Morgan fingerprint density at radius 1 is 1.41 bits per heavy atom. The van der Waals surface area contributed by atoms with Crippen LogP contribution in [-0.2, 0) is 4.74 Å². The van der Waals surface area contributed by atoms with Gasteiger partial charge in [-0.05, 0) is 39.3 Å². The van der Waals surface area contributed by atoms with Crippen LogP contribution in [-0.4, -0.2) is 26.8 Å². The molecular weight excluding hydrogens is 398 g/mol. The monoisotopic (exact) mass is 419 g/mol. The lowest BCUT2D eigenvalue weighted by molar-refractivity contribution is -0.384. The Labute approximate surface area is 173 Å². The molecule has 0 saturated heterocycles. The van der Waals surface area contributed by atoms with Crippen LogP contribution in [0.5, 0.6) is 0 Å². The molecule has 0 aliphatic rings. The number of non-ortho nitro benzene ring substituents is 1. The van der Waals surface area contributed by atoms with Gasteiger partial charge >= 0.3 is 6.09 Å². The molecule has 0 fully saturated rings. The number of aromatic nitrogens is 2. The fourth-order valence-electron chi connectivity index (χ4n) is 2.54. The minimum absolute atomic E-state index is 0.0946. The first kappa shape index (κ1) is 22.1. The van der Waals surface area contributed by atoms with Crippen molar-refractivity contribution < 1.29 is 14.5 Å². The molecule has 0 radical (unpaired) electrons. The van der Waals surface area contributed by atoms with Crippen LogP contribution in [0.15, 0.2) is 36.9 Å². The summed E-state index contributed by atoms with van der Waals surface area (Å²) in [5.74, 6) is 0. The maximum Gasteiger partial charge on any atom is 0.408 e. The van der Waals surface area contributed by atoms with Crippen molar-refractivity contribution in [2.24, 2.45) is 0 Å². The summed E-state index contributed by atoms with van der Waals surface area (Å²) in [5, 5.41) is 21.7. The van der Waals surface area contributed by atoms with E-state index in [9.17, 15) is 14.9 Å². The van der Waals surface area contributed by atoms with E-state index >= 15 is 0 Å². The van der Waals surface area contributed by atoms with Crippen LogP contribution in [0.3, 0.4) is 0 Å². The molecule has 1 atom stereocenters. The number of nitro groups is 1. The summed E-state index contributed by atoms with van der Waals surface area (Å²) >= 11 is 6.22. The SMILES string of the molecule is C=CC[C@H](NC(=O)OC(C)(C)C)c1cc(-c2ccc([N+](=O)[O-])cc2N)nnc1Cl. The van der Waals surface area contributed by atoms with Gasteiger partial charge < -0.3 is 15.8 Å². The van der Waals surface area contributed by atoms with Crippen molar-refractivity contribution in [3.63, 3.8) is 0 Å². The number of amides is 1. The third-order valence-corrected chi connectivity index (χ3v) is 4.06. The topological polar surface area (TPSA) is 133 Å². The van der Waals surface area contributed by atoms with Crippen molar-refractivity contribution >= 4 is 29.1 Å². The first-order chi connectivity index (χ1) is 13.5. The lowest BCUT2D eigenvalue weighted by Crippen LogP contribution is -2.35. The summed E-state index contributed by atoms with van der Waals surface area (Å²) < 4.78 is 5.30. The van der Waals surface area contributed by atoms with E-state index in [1.54, 1.807) is 32.9 Å². The van der Waals surface area contributed by atoms with Crippen molar-refractivity contribution in [3.05, 3.63) is 57.8 Å². The maximum absolute atomic E-state index is 12.2. The standard InChI is InChI=1S/C19H22ClN5O4/c1-5-6-15(22-18(26)29-19(2,3)4)13-10-16(23-24-17(13)20)12-8-7-11(25(27)28)9-14(12)21/h5,7-10,15H,1,6,21H2,2-4H3,(H,22,26)/t15-/m0/s1. The van der Waals surface area contributed by atoms with Gasteiger partial charge in [0.15, 0.2) is 5.15 Å². The highest BCUT2D eigenvalue weighted by Gasteiger charge is 2.23. The van der Waals surface area contributed by atoms with Gasteiger partial charge in [-0.15, -0.1) is 16.8 Å². The summed E-state index contributed by atoms with van der Waals surface area (Å²) in [6.45, 7) is 8.97. The van der Waals surface area contributed by atoms with Gasteiger partial charge in [0.2, 0.25) is 0 Å². The Hall–Kier alpha value is -3.20. The number of carbonyl (C=O) groups excluding carboxylic acids is 1. The van der Waals surface area contributed by atoms with Crippen molar-refractivity contribution in [1.82, 2.24) is 15.5 Å². The number of hydrogen-bond donors (Lipinski definition) is 2. The zero-order valence-corrected chi connectivity index (χ0v) is 17.1. The van der Waals surface area contributed by atoms with E-state index in [1.165, 1.54) is 18.2 Å². The fraction of sp³-hybridized carbons (Fsp3) is 0.316. The number of alkyl carbamates (subject to hydrolysis) is 1. The number of nitrogens with zero attached hydrogens (tertiary/aromatic N) is 3. The van der Waals surface area contributed by atoms with E-state index < -0.39 is 22.7 Å². The fourth-order valence-corrected chi connectivity index (χ4v) is 2.77. The highest BCUT2D eigenvalue weighted by molar-refractivity contribution is 6.30. The number of rotatable bonds is 6. The molecule has 2 rings (SSSR count). The molecule has 154 valence electrons. The molecule has 0 saturated carbocycles. The van der Waals surface area contributed by atoms with Gasteiger partial charge in [-0.25, -0.2) is 4.79 Å². The number of hydrogen-bond acceptors (Lipinski definition) is 7. The third kappa shape index (κ3) is 5.89. The lowest BCUT2D eigenvalue weighted by Gasteiger charge is -2.23. The Kier molecular flexibility index (Phi) is 6.76. The summed E-state index contributed by atoms with van der Waals surface area (Å²) in [5.41, 5.74) is 6.62. The van der Waals surface area contributed by atoms with Crippen molar-refractivity contribution in [2.45, 2.75) is 38.8 Å². The number of halogens is 1. The van der Waals surface area contributed by atoms with Gasteiger partial charge in [0.05, 0.1) is 16.7 Å². The number of nitrogen functional groups attached to an aromatic ring is 1. The van der Waals surface area contributed by atoms with Crippen LogP contribution in [0.1, 0.15) is 38.8 Å². The molecule has 3 N–H and O–H groups in total. The normalized spacial score (nSPS) is 12.1. The van der Waals surface area contributed by atoms with Crippen LogP contribution in [0.25, 0.3) is 11.3 Å². The minimum Gasteiger partial charge on any atom is -0.444 e. The van der Waals surface area contributed by atoms with E-state index in [2.05, 4.69) is 22.1 Å². The van der Waals surface area contributed by atoms with E-state index in [1.807, 2.05) is 0 Å². The quantitative estimate of drug-likeness (QED) is 0.306. The Morgan fingerprint density at radius 2 is 2.10 bits per heavy atom. The second-order valence-corrected chi connectivity index (χ2v) is 7.59. The van der Waals surface area contributed by atoms with Crippen molar-refractivity contribution in [1.29, 1.82) is 0 Å². The number of ether oxygens (including phenoxy) is 1. The number of nitrogens with one attached hydrogen (secondary N) is 1. The van der Waals surface area contributed by atoms with Gasteiger partial charge in [0, 0.05) is 28.9 Å². The van der Waals surface area contributed by atoms with E-state index in [0.29, 0.717) is 23.2 Å². The average molecular weight is 420 g/mol. The first-order valence-corrected chi connectivity index (χ1v) is 9.07. The predicted molar refractivity (Wildman–Crippen MR) is 110 cm³/mol. The second-order valence-electron chi connectivity index (χ2n) is 7.23. The van der Waals surface area contributed by atoms with Gasteiger partial charge in [-0.1, -0.05) is 17.7 Å².